The van der Waals surface area contributed by atoms with Crippen molar-refractivity contribution < 1.29 is 0 Å². The zero-order valence-corrected chi connectivity index (χ0v) is 14.1. The van der Waals surface area contributed by atoms with E-state index in [9.17, 15) is 4.79 Å². The van der Waals surface area contributed by atoms with Crippen molar-refractivity contribution in [2.75, 3.05) is 20.1 Å². The Labute approximate surface area is 135 Å². The Morgan fingerprint density at radius 1 is 1.14 bits per heavy atom. The van der Waals surface area contributed by atoms with Crippen molar-refractivity contribution in [3.8, 4) is 0 Å². The van der Waals surface area contributed by atoms with E-state index >= 15 is 0 Å². The second kappa shape index (κ2) is 5.82. The molecule has 1 aliphatic heterocycles. The smallest absolute Gasteiger partial charge is 0.268 e. The molecule has 2 aromatic rings. The molecule has 0 N–H and O–H groups in total. The molecule has 0 radical (unpaired) electrons. The first-order valence-corrected chi connectivity index (χ1v) is 9.32. The van der Waals surface area contributed by atoms with Crippen molar-refractivity contribution >= 4 is 21.6 Å². The number of aryl methyl sites for hydroxylation is 2. The Morgan fingerprint density at radius 3 is 2.55 bits per heavy atom. The lowest BCUT2D eigenvalue weighted by molar-refractivity contribution is 0.207. The monoisotopic (exact) mass is 316 g/mol. The van der Waals surface area contributed by atoms with Crippen LogP contribution in [0.4, 0.5) is 0 Å². The van der Waals surface area contributed by atoms with Crippen LogP contribution < -0.4 is 5.56 Å². The van der Waals surface area contributed by atoms with E-state index < -0.39 is 0 Å². The summed E-state index contributed by atoms with van der Waals surface area (Å²) in [5, 5.41) is 0.957. The maximum atomic E-state index is 12.7. The van der Waals surface area contributed by atoms with Crippen molar-refractivity contribution in [1.29, 1.82) is 0 Å². The predicted octanol–water partition coefficient (Wildman–Crippen LogP) is 3.28. The lowest BCUT2D eigenvalue weighted by Gasteiger charge is -2.28. The van der Waals surface area contributed by atoms with Gasteiger partial charge in [-0.3, -0.25) is 8.75 Å². The van der Waals surface area contributed by atoms with Gasteiger partial charge in [-0.05, 0) is 87.8 Å². The molecule has 1 aromatic carbocycles. The quantitative estimate of drug-likeness (QED) is 0.849. The number of aromatic nitrogens is 1. The summed E-state index contributed by atoms with van der Waals surface area (Å²) in [6.07, 6.45) is 7.33. The van der Waals surface area contributed by atoms with Crippen molar-refractivity contribution in [3.63, 3.8) is 0 Å². The zero-order valence-electron chi connectivity index (χ0n) is 13.3. The van der Waals surface area contributed by atoms with Crippen molar-refractivity contribution in [2.24, 2.45) is 5.92 Å². The van der Waals surface area contributed by atoms with Crippen molar-refractivity contribution in [2.45, 2.75) is 45.1 Å². The molecule has 3 nitrogen and oxygen atoms in total. The number of hydrogen-bond donors (Lipinski definition) is 0. The summed E-state index contributed by atoms with van der Waals surface area (Å²) >= 11 is 1.68. The van der Waals surface area contributed by atoms with Crippen LogP contribution in [0.2, 0.25) is 0 Å². The Bertz CT molecular complexity index is 737. The summed E-state index contributed by atoms with van der Waals surface area (Å²) in [6, 6.07) is 4.48. The first-order valence-electron chi connectivity index (χ1n) is 8.55. The van der Waals surface area contributed by atoms with Gasteiger partial charge in [0.05, 0.1) is 10.1 Å². The first-order chi connectivity index (χ1) is 10.7. The molecule has 0 amide bonds. The van der Waals surface area contributed by atoms with E-state index in [4.69, 9.17) is 0 Å². The number of rotatable bonds is 2. The summed E-state index contributed by atoms with van der Waals surface area (Å²) in [6.45, 7) is 3.24. The number of fused-ring (bicyclic) bond motifs is 2. The molecule has 1 saturated heterocycles. The van der Waals surface area contributed by atoms with Crippen LogP contribution in [-0.4, -0.2) is 29.0 Å². The number of piperidine rings is 1. The highest BCUT2D eigenvalue weighted by Gasteiger charge is 2.20. The van der Waals surface area contributed by atoms with Crippen molar-refractivity contribution in [3.05, 3.63) is 33.6 Å². The fourth-order valence-corrected chi connectivity index (χ4v) is 5.04. The Hall–Kier alpha value is -1.13. The highest BCUT2D eigenvalue weighted by atomic mass is 32.1. The molecule has 4 heteroatoms. The molecule has 0 saturated carbocycles. The second-order valence-electron chi connectivity index (χ2n) is 7.03. The SMILES string of the molecule is CN1CCC(Cn2sc3cc4c(cc3c2=O)CCCC4)CC1. The van der Waals surface area contributed by atoms with E-state index in [1.807, 2.05) is 3.96 Å². The Balaban J connectivity index is 1.64. The summed E-state index contributed by atoms with van der Waals surface area (Å²) in [4.78, 5) is 15.1. The van der Waals surface area contributed by atoms with Gasteiger partial charge in [-0.25, -0.2) is 0 Å². The molecule has 0 unspecified atom stereocenters. The average molecular weight is 316 g/mol. The minimum absolute atomic E-state index is 0.243. The minimum Gasteiger partial charge on any atom is -0.306 e. The number of benzene rings is 1. The fourth-order valence-electron chi connectivity index (χ4n) is 3.90. The van der Waals surface area contributed by atoms with Gasteiger partial charge < -0.3 is 4.90 Å². The number of likely N-dealkylation sites (tertiary alicyclic amines) is 1. The molecule has 118 valence electrons. The van der Waals surface area contributed by atoms with Gasteiger partial charge in [-0.1, -0.05) is 11.5 Å². The van der Waals surface area contributed by atoms with Gasteiger partial charge in [0.15, 0.2) is 0 Å². The zero-order chi connectivity index (χ0) is 15.1. The molecule has 0 spiro atoms. The second-order valence-corrected chi connectivity index (χ2v) is 8.09. The molecule has 0 atom stereocenters. The lowest BCUT2D eigenvalue weighted by Crippen LogP contribution is -2.32. The van der Waals surface area contributed by atoms with Gasteiger partial charge in [0.25, 0.3) is 5.56 Å². The molecular weight excluding hydrogens is 292 g/mol. The van der Waals surface area contributed by atoms with E-state index in [0.717, 1.165) is 18.4 Å². The van der Waals surface area contributed by atoms with E-state index in [2.05, 4.69) is 24.1 Å². The predicted molar refractivity (Wildman–Crippen MR) is 92.9 cm³/mol. The molecular formula is C18H24N2OS. The van der Waals surface area contributed by atoms with Gasteiger partial charge in [0.2, 0.25) is 0 Å². The first kappa shape index (κ1) is 14.5. The molecule has 22 heavy (non-hydrogen) atoms. The third-order valence-corrected chi connectivity index (χ3v) is 6.44. The van der Waals surface area contributed by atoms with Crippen LogP contribution in [0.25, 0.3) is 10.1 Å². The number of hydrogen-bond acceptors (Lipinski definition) is 3. The normalized spacial score (nSPS) is 20.4. The summed E-state index contributed by atoms with van der Waals surface area (Å²) in [7, 11) is 2.19. The van der Waals surface area contributed by atoms with Crippen LogP contribution in [0.3, 0.4) is 0 Å². The van der Waals surface area contributed by atoms with E-state index in [-0.39, 0.29) is 5.56 Å². The third-order valence-electron chi connectivity index (χ3n) is 5.37. The molecule has 2 heterocycles. The molecule has 1 fully saturated rings. The Morgan fingerprint density at radius 2 is 1.82 bits per heavy atom. The molecule has 1 aromatic heterocycles. The minimum atomic E-state index is 0.243. The molecule has 2 aliphatic rings. The molecule has 0 bridgehead atoms. The van der Waals surface area contributed by atoms with Gasteiger partial charge in [0.1, 0.15) is 0 Å². The van der Waals surface area contributed by atoms with E-state index in [1.165, 1.54) is 61.0 Å². The van der Waals surface area contributed by atoms with Gasteiger partial charge in [0, 0.05) is 6.54 Å². The summed E-state index contributed by atoms with van der Waals surface area (Å²) < 4.78 is 3.21. The largest absolute Gasteiger partial charge is 0.306 e. The summed E-state index contributed by atoms with van der Waals surface area (Å²) in [5.41, 5.74) is 3.14. The standard InChI is InChI=1S/C18H24N2OS/c1-19-8-6-13(7-9-19)12-20-18(21)16-10-14-4-2-3-5-15(14)11-17(16)22-20/h10-11,13H,2-9,12H2,1H3. The van der Waals surface area contributed by atoms with Crippen LogP contribution in [0.15, 0.2) is 16.9 Å². The molecule has 4 rings (SSSR count). The molecule has 1 aliphatic carbocycles. The van der Waals surface area contributed by atoms with Crippen molar-refractivity contribution in [1.82, 2.24) is 8.86 Å². The Kier molecular flexibility index (Phi) is 3.82. The summed E-state index contributed by atoms with van der Waals surface area (Å²) in [5.74, 6) is 0.664. The lowest BCUT2D eigenvalue weighted by atomic mass is 9.91. The van der Waals surface area contributed by atoms with Crippen LogP contribution in [0, 0.1) is 5.92 Å². The average Bonchev–Trinajstić information content (AvgIpc) is 2.83. The van der Waals surface area contributed by atoms with Crippen LogP contribution in [0.5, 0.6) is 0 Å². The fraction of sp³-hybridized carbons (Fsp3) is 0.611. The maximum Gasteiger partial charge on any atom is 0.268 e. The van der Waals surface area contributed by atoms with Crippen LogP contribution in [0.1, 0.15) is 36.8 Å². The maximum absolute atomic E-state index is 12.7. The van der Waals surface area contributed by atoms with E-state index in [1.54, 1.807) is 11.5 Å². The highest BCUT2D eigenvalue weighted by Crippen LogP contribution is 2.28. The topological polar surface area (TPSA) is 25.2 Å². The third kappa shape index (κ3) is 2.63. The van der Waals surface area contributed by atoms with Gasteiger partial charge in [-0.15, -0.1) is 0 Å². The van der Waals surface area contributed by atoms with Gasteiger partial charge >= 0.3 is 0 Å². The van der Waals surface area contributed by atoms with E-state index in [0.29, 0.717) is 5.92 Å². The van der Waals surface area contributed by atoms with Gasteiger partial charge in [-0.2, -0.15) is 0 Å². The van der Waals surface area contributed by atoms with Crippen LogP contribution >= 0.6 is 11.5 Å². The number of nitrogens with zero attached hydrogens (tertiary/aromatic N) is 2. The van der Waals surface area contributed by atoms with Crippen LogP contribution in [-0.2, 0) is 19.4 Å². The highest BCUT2D eigenvalue weighted by molar-refractivity contribution is 7.13.